The van der Waals surface area contributed by atoms with Crippen molar-refractivity contribution >= 4 is 28.4 Å². The van der Waals surface area contributed by atoms with E-state index in [0.29, 0.717) is 16.1 Å². The summed E-state index contributed by atoms with van der Waals surface area (Å²) in [6.07, 6.45) is 1.68. The molecule has 0 unspecified atom stereocenters. The molecular weight excluding hydrogens is 273 g/mol. The summed E-state index contributed by atoms with van der Waals surface area (Å²) in [6.45, 7) is 7.24. The zero-order valence-corrected chi connectivity index (χ0v) is 12.7. The van der Waals surface area contributed by atoms with Gasteiger partial charge in [-0.15, -0.1) is 11.8 Å². The summed E-state index contributed by atoms with van der Waals surface area (Å²) < 4.78 is 14.1. The van der Waals surface area contributed by atoms with Gasteiger partial charge in [0.1, 0.15) is 5.82 Å². The molecule has 2 aromatic rings. The SMILES string of the molecule is CCN(CC)CCSc1c(F)cc(N)c2cccnc12. The molecule has 5 heteroatoms. The lowest BCUT2D eigenvalue weighted by atomic mass is 10.2. The third-order valence-corrected chi connectivity index (χ3v) is 4.45. The molecule has 1 heterocycles. The van der Waals surface area contributed by atoms with Crippen molar-refractivity contribution in [1.29, 1.82) is 0 Å². The van der Waals surface area contributed by atoms with Gasteiger partial charge < -0.3 is 10.6 Å². The Kier molecular flexibility index (Phi) is 5.20. The molecule has 0 fully saturated rings. The van der Waals surface area contributed by atoms with Crippen molar-refractivity contribution < 1.29 is 4.39 Å². The molecule has 2 N–H and O–H groups in total. The second-order valence-corrected chi connectivity index (χ2v) is 5.66. The lowest BCUT2D eigenvalue weighted by Crippen LogP contribution is -2.25. The summed E-state index contributed by atoms with van der Waals surface area (Å²) in [7, 11) is 0. The van der Waals surface area contributed by atoms with Gasteiger partial charge in [0.2, 0.25) is 0 Å². The minimum Gasteiger partial charge on any atom is -0.398 e. The van der Waals surface area contributed by atoms with Crippen LogP contribution in [0.25, 0.3) is 10.9 Å². The van der Waals surface area contributed by atoms with Gasteiger partial charge in [-0.25, -0.2) is 4.39 Å². The zero-order valence-electron chi connectivity index (χ0n) is 11.9. The quantitative estimate of drug-likeness (QED) is 0.655. The highest BCUT2D eigenvalue weighted by molar-refractivity contribution is 7.99. The number of hydrogen-bond acceptors (Lipinski definition) is 4. The molecule has 3 nitrogen and oxygen atoms in total. The topological polar surface area (TPSA) is 42.1 Å². The van der Waals surface area contributed by atoms with Crippen LogP contribution in [0, 0.1) is 5.82 Å². The summed E-state index contributed by atoms with van der Waals surface area (Å²) in [4.78, 5) is 7.20. The van der Waals surface area contributed by atoms with Gasteiger partial charge in [-0.1, -0.05) is 13.8 Å². The smallest absolute Gasteiger partial charge is 0.141 e. The first kappa shape index (κ1) is 15.1. The van der Waals surface area contributed by atoms with E-state index in [1.165, 1.54) is 17.8 Å². The molecule has 1 aromatic heterocycles. The van der Waals surface area contributed by atoms with Crippen molar-refractivity contribution in [3.8, 4) is 0 Å². The number of pyridine rings is 1. The van der Waals surface area contributed by atoms with Crippen molar-refractivity contribution in [1.82, 2.24) is 9.88 Å². The van der Waals surface area contributed by atoms with Crippen LogP contribution in [-0.4, -0.2) is 35.3 Å². The average Bonchev–Trinajstić information content (AvgIpc) is 2.46. The van der Waals surface area contributed by atoms with Gasteiger partial charge in [-0.05, 0) is 31.3 Å². The number of nitrogens with two attached hydrogens (primary N) is 1. The van der Waals surface area contributed by atoms with Gasteiger partial charge in [0.15, 0.2) is 0 Å². The van der Waals surface area contributed by atoms with Gasteiger partial charge in [0.25, 0.3) is 0 Å². The molecule has 0 aliphatic rings. The van der Waals surface area contributed by atoms with Gasteiger partial charge in [-0.3, -0.25) is 4.98 Å². The van der Waals surface area contributed by atoms with Gasteiger partial charge >= 0.3 is 0 Å². The molecule has 0 spiro atoms. The second kappa shape index (κ2) is 6.90. The first-order valence-electron chi connectivity index (χ1n) is 6.85. The Labute approximate surface area is 123 Å². The fourth-order valence-corrected chi connectivity index (χ4v) is 3.22. The number of halogens is 1. The van der Waals surface area contributed by atoms with Crippen LogP contribution in [0.4, 0.5) is 10.1 Å². The number of anilines is 1. The number of rotatable bonds is 6. The predicted molar refractivity (Wildman–Crippen MR) is 84.6 cm³/mol. The number of fused-ring (bicyclic) bond motifs is 1. The molecule has 20 heavy (non-hydrogen) atoms. The molecule has 0 amide bonds. The Morgan fingerprint density at radius 2 is 2.10 bits per heavy atom. The van der Waals surface area contributed by atoms with E-state index in [2.05, 4.69) is 23.7 Å². The summed E-state index contributed by atoms with van der Waals surface area (Å²) in [5, 5.41) is 0.819. The number of aromatic nitrogens is 1. The molecule has 0 saturated heterocycles. The molecule has 0 saturated carbocycles. The van der Waals surface area contributed by atoms with Crippen molar-refractivity contribution in [2.24, 2.45) is 0 Å². The number of nitrogen functional groups attached to an aromatic ring is 1. The fourth-order valence-electron chi connectivity index (χ4n) is 2.17. The Balaban J connectivity index is 2.21. The Bertz CT molecular complexity index is 585. The Morgan fingerprint density at radius 3 is 2.80 bits per heavy atom. The maximum absolute atomic E-state index is 14.1. The van der Waals surface area contributed by atoms with E-state index in [4.69, 9.17) is 5.73 Å². The third kappa shape index (κ3) is 3.22. The van der Waals surface area contributed by atoms with Crippen LogP contribution >= 0.6 is 11.8 Å². The van der Waals surface area contributed by atoms with Crippen molar-refractivity contribution in [3.63, 3.8) is 0 Å². The monoisotopic (exact) mass is 293 g/mol. The lowest BCUT2D eigenvalue weighted by Gasteiger charge is -2.17. The van der Waals surface area contributed by atoms with E-state index in [-0.39, 0.29) is 5.82 Å². The van der Waals surface area contributed by atoms with Crippen LogP contribution in [0.1, 0.15) is 13.8 Å². The van der Waals surface area contributed by atoms with E-state index in [9.17, 15) is 4.39 Å². The van der Waals surface area contributed by atoms with E-state index in [0.717, 1.165) is 30.8 Å². The van der Waals surface area contributed by atoms with Gasteiger partial charge in [-0.2, -0.15) is 0 Å². The second-order valence-electron chi connectivity index (χ2n) is 4.55. The van der Waals surface area contributed by atoms with E-state index in [1.807, 2.05) is 12.1 Å². The van der Waals surface area contributed by atoms with Crippen LogP contribution in [-0.2, 0) is 0 Å². The standard InChI is InChI=1S/C15H20FN3S/c1-3-19(4-2)8-9-20-15-12(16)10-13(17)11-6-5-7-18-14(11)15/h5-7,10H,3-4,8-9,17H2,1-2H3. The third-order valence-electron chi connectivity index (χ3n) is 3.38. The molecule has 2 rings (SSSR count). The lowest BCUT2D eigenvalue weighted by molar-refractivity contribution is 0.324. The number of thioether (sulfide) groups is 1. The van der Waals surface area contributed by atoms with Gasteiger partial charge in [0.05, 0.1) is 10.4 Å². The molecule has 0 bridgehead atoms. The summed E-state index contributed by atoms with van der Waals surface area (Å²) >= 11 is 1.51. The summed E-state index contributed by atoms with van der Waals surface area (Å²) in [6, 6.07) is 5.09. The van der Waals surface area contributed by atoms with Crippen LogP contribution in [0.5, 0.6) is 0 Å². The molecule has 1 aromatic carbocycles. The van der Waals surface area contributed by atoms with Crippen LogP contribution in [0.3, 0.4) is 0 Å². The Morgan fingerprint density at radius 1 is 1.35 bits per heavy atom. The van der Waals surface area contributed by atoms with E-state index < -0.39 is 0 Å². The van der Waals surface area contributed by atoms with Crippen molar-refractivity contribution in [3.05, 3.63) is 30.2 Å². The Hall–Kier alpha value is -1.33. The summed E-state index contributed by atoms with van der Waals surface area (Å²) in [5.41, 5.74) is 6.95. The summed E-state index contributed by atoms with van der Waals surface area (Å²) in [5.74, 6) is 0.562. The molecule has 0 atom stereocenters. The minimum absolute atomic E-state index is 0.279. The molecular formula is C15H20FN3S. The minimum atomic E-state index is -0.279. The number of hydrogen-bond donors (Lipinski definition) is 1. The highest BCUT2D eigenvalue weighted by Gasteiger charge is 2.12. The highest BCUT2D eigenvalue weighted by Crippen LogP contribution is 2.32. The molecule has 0 radical (unpaired) electrons. The fraction of sp³-hybridized carbons (Fsp3) is 0.400. The first-order valence-corrected chi connectivity index (χ1v) is 7.83. The van der Waals surface area contributed by atoms with Crippen molar-refractivity contribution in [2.45, 2.75) is 18.7 Å². The highest BCUT2D eigenvalue weighted by atomic mass is 32.2. The maximum atomic E-state index is 14.1. The zero-order chi connectivity index (χ0) is 14.5. The van der Waals surface area contributed by atoms with E-state index >= 15 is 0 Å². The van der Waals surface area contributed by atoms with Gasteiger partial charge in [0, 0.05) is 29.6 Å². The van der Waals surface area contributed by atoms with Crippen molar-refractivity contribution in [2.75, 3.05) is 31.1 Å². The molecule has 0 aliphatic carbocycles. The predicted octanol–water partition coefficient (Wildman–Crippen LogP) is 3.39. The average molecular weight is 293 g/mol. The first-order chi connectivity index (χ1) is 9.67. The van der Waals surface area contributed by atoms with Crippen LogP contribution < -0.4 is 5.73 Å². The van der Waals surface area contributed by atoms with Crippen LogP contribution in [0.2, 0.25) is 0 Å². The largest absolute Gasteiger partial charge is 0.398 e. The normalized spacial score (nSPS) is 11.4. The maximum Gasteiger partial charge on any atom is 0.141 e. The van der Waals surface area contributed by atoms with Crippen LogP contribution in [0.15, 0.2) is 29.3 Å². The molecule has 0 aliphatic heterocycles. The number of benzene rings is 1. The molecule has 108 valence electrons. The van der Waals surface area contributed by atoms with E-state index in [1.54, 1.807) is 6.20 Å². The number of nitrogens with zero attached hydrogens (tertiary/aromatic N) is 2.